The molecule has 2 heterocycles. The third-order valence-corrected chi connectivity index (χ3v) is 7.74. The van der Waals surface area contributed by atoms with Crippen LogP contribution in [-0.4, -0.2) is 96.6 Å². The molecule has 0 bridgehead atoms. The Balaban J connectivity index is 1.43. The number of rotatable bonds is 9. The van der Waals surface area contributed by atoms with Gasteiger partial charge in [0.25, 0.3) is 0 Å². The van der Waals surface area contributed by atoms with Crippen molar-refractivity contribution in [3.8, 4) is 0 Å². The maximum atomic E-state index is 13.2. The van der Waals surface area contributed by atoms with E-state index in [0.29, 0.717) is 63.7 Å². The van der Waals surface area contributed by atoms with Crippen molar-refractivity contribution in [2.45, 2.75) is 38.8 Å². The highest BCUT2D eigenvalue weighted by Crippen LogP contribution is 2.24. The highest BCUT2D eigenvalue weighted by atomic mass is 16.5. The second-order valence-corrected chi connectivity index (χ2v) is 10.8. The molecule has 202 valence electrons. The van der Waals surface area contributed by atoms with Crippen LogP contribution in [0.5, 0.6) is 0 Å². The van der Waals surface area contributed by atoms with Crippen LogP contribution < -0.4 is 0 Å². The van der Waals surface area contributed by atoms with E-state index in [0.717, 1.165) is 0 Å². The minimum absolute atomic E-state index is 0.0509. The lowest BCUT2D eigenvalue weighted by Crippen LogP contribution is -2.54. The molecular formula is C30H36N2O6. The van der Waals surface area contributed by atoms with Crippen LogP contribution in [-0.2, 0) is 9.47 Å². The topological polar surface area (TPSA) is 93.2 Å². The zero-order valence-corrected chi connectivity index (χ0v) is 22.6. The number of ketones is 4. The summed E-state index contributed by atoms with van der Waals surface area (Å²) in [7, 11) is 0. The number of hydrogen-bond donors (Lipinski definition) is 0. The van der Waals surface area contributed by atoms with Crippen LogP contribution in [0.1, 0.15) is 69.1 Å². The summed E-state index contributed by atoms with van der Waals surface area (Å²) in [5.74, 6) is -1.43. The van der Waals surface area contributed by atoms with Crippen LogP contribution in [0.3, 0.4) is 0 Å². The quantitative estimate of drug-likeness (QED) is 0.367. The molecule has 0 radical (unpaired) electrons. The van der Waals surface area contributed by atoms with Gasteiger partial charge in [0.2, 0.25) is 11.6 Å². The third-order valence-electron chi connectivity index (χ3n) is 7.74. The van der Waals surface area contributed by atoms with Gasteiger partial charge >= 0.3 is 0 Å². The average molecular weight is 521 g/mol. The second-order valence-electron chi connectivity index (χ2n) is 10.8. The third kappa shape index (κ3) is 5.68. The van der Waals surface area contributed by atoms with Gasteiger partial charge in [-0.3, -0.25) is 29.0 Å². The van der Waals surface area contributed by atoms with E-state index in [1.165, 1.54) is 24.3 Å². The number of hydrogen-bond acceptors (Lipinski definition) is 8. The second kappa shape index (κ2) is 11.4. The van der Waals surface area contributed by atoms with Crippen LogP contribution in [0.4, 0.5) is 0 Å². The molecule has 0 saturated carbocycles. The number of ether oxygens (including phenoxy) is 2. The lowest BCUT2D eigenvalue weighted by Gasteiger charge is -2.39. The predicted octanol–water partition coefficient (Wildman–Crippen LogP) is 3.34. The summed E-state index contributed by atoms with van der Waals surface area (Å²) in [5, 5.41) is 0. The summed E-state index contributed by atoms with van der Waals surface area (Å²) < 4.78 is 10.8. The van der Waals surface area contributed by atoms with Gasteiger partial charge in [-0.2, -0.15) is 0 Å². The van der Waals surface area contributed by atoms with E-state index in [1.807, 2.05) is 27.7 Å². The summed E-state index contributed by atoms with van der Waals surface area (Å²) in [6.45, 7) is 12.6. The first-order chi connectivity index (χ1) is 18.0. The van der Waals surface area contributed by atoms with Gasteiger partial charge in [-0.15, -0.1) is 0 Å². The fraction of sp³-hybridized carbons (Fsp3) is 0.467. The lowest BCUT2D eigenvalue weighted by molar-refractivity contribution is -0.00442. The minimum atomic E-state index is -0.708. The zero-order chi connectivity index (χ0) is 27.5. The molecule has 0 atom stereocenters. The summed E-state index contributed by atoms with van der Waals surface area (Å²) in [6, 6.07) is 12.5. The first-order valence-corrected chi connectivity index (χ1v) is 13.1. The molecule has 38 heavy (non-hydrogen) atoms. The fourth-order valence-electron chi connectivity index (χ4n) is 5.05. The van der Waals surface area contributed by atoms with E-state index >= 15 is 0 Å². The van der Waals surface area contributed by atoms with E-state index < -0.39 is 22.6 Å². The van der Waals surface area contributed by atoms with E-state index in [4.69, 9.17) is 9.47 Å². The molecule has 2 aromatic rings. The molecule has 2 aromatic carbocycles. The molecule has 2 aliphatic heterocycles. The Bertz CT molecular complexity index is 1090. The van der Waals surface area contributed by atoms with Gasteiger partial charge in [0.1, 0.15) is 0 Å². The molecule has 2 aliphatic rings. The van der Waals surface area contributed by atoms with Crippen molar-refractivity contribution in [2.24, 2.45) is 0 Å². The molecule has 0 aromatic heterocycles. The van der Waals surface area contributed by atoms with Gasteiger partial charge in [-0.25, -0.2) is 0 Å². The van der Waals surface area contributed by atoms with Crippen LogP contribution in [0.25, 0.3) is 0 Å². The number of carbonyl (C=O) groups is 4. The standard InChI is InChI=1S/C30H36N2O6/c1-29(2,31-13-17-37-18-14-31)27(35)23-9-5-21(6-10-23)25(33)26(34)22-7-11-24(12-8-22)28(36)30(3,4)32-15-19-38-20-16-32/h5-12H,13-20H2,1-4H3. The molecule has 0 aliphatic carbocycles. The Morgan fingerprint density at radius 3 is 1.08 bits per heavy atom. The summed E-state index contributed by atoms with van der Waals surface area (Å²) >= 11 is 0. The molecule has 0 N–H and O–H groups in total. The molecule has 2 fully saturated rings. The van der Waals surface area contributed by atoms with Crippen molar-refractivity contribution in [3.05, 3.63) is 70.8 Å². The van der Waals surface area contributed by atoms with Gasteiger partial charge in [0, 0.05) is 48.4 Å². The lowest BCUT2D eigenvalue weighted by atomic mass is 9.89. The maximum absolute atomic E-state index is 13.2. The van der Waals surface area contributed by atoms with Crippen molar-refractivity contribution in [1.82, 2.24) is 9.80 Å². The molecular weight excluding hydrogens is 484 g/mol. The first kappa shape index (κ1) is 28.0. The van der Waals surface area contributed by atoms with Crippen LogP contribution in [0.2, 0.25) is 0 Å². The molecule has 0 unspecified atom stereocenters. The number of nitrogens with zero attached hydrogens (tertiary/aromatic N) is 2. The Morgan fingerprint density at radius 1 is 0.526 bits per heavy atom. The van der Waals surface area contributed by atoms with Gasteiger partial charge in [0.15, 0.2) is 11.6 Å². The van der Waals surface area contributed by atoms with Crippen LogP contribution >= 0.6 is 0 Å². The van der Waals surface area contributed by atoms with E-state index in [2.05, 4.69) is 9.80 Å². The summed E-state index contributed by atoms with van der Waals surface area (Å²) in [4.78, 5) is 56.4. The van der Waals surface area contributed by atoms with Gasteiger partial charge in [0.05, 0.1) is 37.5 Å². The number of benzene rings is 2. The number of morpholine rings is 2. The minimum Gasteiger partial charge on any atom is -0.379 e. The van der Waals surface area contributed by atoms with Crippen molar-refractivity contribution in [1.29, 1.82) is 0 Å². The fourth-order valence-corrected chi connectivity index (χ4v) is 5.05. The predicted molar refractivity (Wildman–Crippen MR) is 143 cm³/mol. The normalized spacial score (nSPS) is 17.7. The summed E-state index contributed by atoms with van der Waals surface area (Å²) in [6.07, 6.45) is 0. The van der Waals surface area contributed by atoms with Crippen LogP contribution in [0.15, 0.2) is 48.5 Å². The van der Waals surface area contributed by atoms with Gasteiger partial charge in [-0.1, -0.05) is 48.5 Å². The highest BCUT2D eigenvalue weighted by molar-refractivity contribution is 6.49. The van der Waals surface area contributed by atoms with Gasteiger partial charge in [-0.05, 0) is 27.7 Å². The smallest absolute Gasteiger partial charge is 0.233 e. The van der Waals surface area contributed by atoms with Crippen molar-refractivity contribution < 1.29 is 28.7 Å². The molecule has 2 saturated heterocycles. The zero-order valence-electron chi connectivity index (χ0n) is 22.6. The number of Topliss-reactive ketones (excluding diaryl/α,β-unsaturated/α-hetero) is 4. The van der Waals surface area contributed by atoms with Crippen molar-refractivity contribution in [3.63, 3.8) is 0 Å². The Morgan fingerprint density at radius 2 is 0.789 bits per heavy atom. The maximum Gasteiger partial charge on any atom is 0.233 e. The monoisotopic (exact) mass is 520 g/mol. The molecule has 0 spiro atoms. The molecule has 4 rings (SSSR count). The molecule has 8 nitrogen and oxygen atoms in total. The van der Waals surface area contributed by atoms with Crippen LogP contribution in [0, 0.1) is 0 Å². The van der Waals surface area contributed by atoms with E-state index in [-0.39, 0.29) is 22.7 Å². The van der Waals surface area contributed by atoms with Crippen molar-refractivity contribution in [2.75, 3.05) is 52.6 Å². The summed E-state index contributed by atoms with van der Waals surface area (Å²) in [5.41, 5.74) is -0.0254. The molecule has 0 amide bonds. The molecule has 8 heteroatoms. The highest BCUT2D eigenvalue weighted by Gasteiger charge is 2.37. The van der Waals surface area contributed by atoms with E-state index in [1.54, 1.807) is 24.3 Å². The largest absolute Gasteiger partial charge is 0.379 e. The number of carbonyl (C=O) groups excluding carboxylic acids is 4. The van der Waals surface area contributed by atoms with Crippen molar-refractivity contribution >= 4 is 23.1 Å². The van der Waals surface area contributed by atoms with E-state index in [9.17, 15) is 19.2 Å². The first-order valence-electron chi connectivity index (χ1n) is 13.1. The average Bonchev–Trinajstić information content (AvgIpc) is 2.96. The Kier molecular flexibility index (Phi) is 8.37. The SMILES string of the molecule is CC(C)(C(=O)c1ccc(C(=O)C(=O)c2ccc(C(=O)C(C)(C)N3CCOCC3)cc2)cc1)N1CCOCC1. The Labute approximate surface area is 223 Å². The van der Waals surface area contributed by atoms with Gasteiger partial charge < -0.3 is 9.47 Å². The Hall–Kier alpha value is -3.04.